The lowest BCUT2D eigenvalue weighted by Gasteiger charge is -2.06. The third-order valence-electron chi connectivity index (χ3n) is 1.84. The average molecular weight is 122 g/mol. The van der Waals surface area contributed by atoms with Gasteiger partial charge >= 0.3 is 0 Å². The van der Waals surface area contributed by atoms with E-state index in [9.17, 15) is 0 Å². The highest BCUT2D eigenvalue weighted by Crippen LogP contribution is 2.28. The Kier molecular flexibility index (Phi) is 1.75. The predicted octanol–water partition coefficient (Wildman–Crippen LogP) is 2.92. The van der Waals surface area contributed by atoms with Gasteiger partial charge in [0.05, 0.1) is 0 Å². The molecule has 0 heteroatoms. The molecule has 0 radical (unpaired) electrons. The minimum atomic E-state index is 0.681. The zero-order chi connectivity index (χ0) is 6.85. The van der Waals surface area contributed by atoms with Crippen LogP contribution in [-0.4, -0.2) is 0 Å². The Balaban J connectivity index is 2.68. The van der Waals surface area contributed by atoms with Crippen LogP contribution in [0.2, 0.25) is 0 Å². The van der Waals surface area contributed by atoms with E-state index in [1.807, 2.05) is 0 Å². The van der Waals surface area contributed by atoms with Crippen molar-refractivity contribution in [3.8, 4) is 0 Å². The normalized spacial score (nSPS) is 19.0. The topological polar surface area (TPSA) is 0 Å². The molecule has 0 spiro atoms. The van der Waals surface area contributed by atoms with Crippen molar-refractivity contribution in [2.45, 2.75) is 26.7 Å². The fourth-order valence-electron chi connectivity index (χ4n) is 1.33. The molecule has 0 unspecified atom stereocenters. The van der Waals surface area contributed by atoms with Gasteiger partial charge in [-0.1, -0.05) is 32.1 Å². The molecule has 0 heterocycles. The third kappa shape index (κ3) is 1.24. The van der Waals surface area contributed by atoms with Crippen molar-refractivity contribution in [2.24, 2.45) is 5.92 Å². The molecular weight excluding hydrogens is 108 g/mol. The van der Waals surface area contributed by atoms with Crippen LogP contribution in [0.15, 0.2) is 23.8 Å². The summed E-state index contributed by atoms with van der Waals surface area (Å²) in [4.78, 5) is 0. The quantitative estimate of drug-likeness (QED) is 0.501. The summed E-state index contributed by atoms with van der Waals surface area (Å²) in [7, 11) is 0. The third-order valence-corrected chi connectivity index (χ3v) is 1.84. The van der Waals surface area contributed by atoms with E-state index in [4.69, 9.17) is 0 Å². The molecule has 0 bridgehead atoms. The average Bonchev–Trinajstić information content (AvgIpc) is 2.13. The Bertz CT molecular complexity index is 149. The molecule has 1 aliphatic carbocycles. The number of hydrogen-bond donors (Lipinski definition) is 0. The van der Waals surface area contributed by atoms with Gasteiger partial charge in [0.25, 0.3) is 0 Å². The van der Waals surface area contributed by atoms with Crippen LogP contribution in [0.5, 0.6) is 0 Å². The van der Waals surface area contributed by atoms with Crippen LogP contribution >= 0.6 is 0 Å². The maximum atomic E-state index is 3.99. The lowest BCUT2D eigenvalue weighted by atomic mass is 10.00. The molecule has 0 aromatic heterocycles. The second-order valence-corrected chi connectivity index (χ2v) is 2.96. The molecule has 9 heavy (non-hydrogen) atoms. The first-order chi connectivity index (χ1) is 4.22. The van der Waals surface area contributed by atoms with Gasteiger partial charge in [-0.2, -0.15) is 0 Å². The molecule has 50 valence electrons. The van der Waals surface area contributed by atoms with Crippen LogP contribution in [-0.2, 0) is 0 Å². The molecule has 0 aromatic carbocycles. The van der Waals surface area contributed by atoms with E-state index in [1.54, 1.807) is 0 Å². The summed E-state index contributed by atoms with van der Waals surface area (Å²) in [6.07, 6.45) is 4.72. The second kappa shape index (κ2) is 2.38. The van der Waals surface area contributed by atoms with Crippen molar-refractivity contribution in [1.29, 1.82) is 0 Å². The SMILES string of the molecule is C=C1CCC=C1C(C)C. The summed E-state index contributed by atoms with van der Waals surface area (Å²) in [5.41, 5.74) is 2.83. The summed E-state index contributed by atoms with van der Waals surface area (Å²) in [6.45, 7) is 8.44. The number of hydrogen-bond acceptors (Lipinski definition) is 0. The Morgan fingerprint density at radius 3 is 2.44 bits per heavy atom. The molecule has 0 N–H and O–H groups in total. The minimum Gasteiger partial charge on any atom is -0.0955 e. The van der Waals surface area contributed by atoms with Gasteiger partial charge in [0.1, 0.15) is 0 Å². The molecule has 0 aliphatic heterocycles. The van der Waals surface area contributed by atoms with Crippen LogP contribution in [0.1, 0.15) is 26.7 Å². The zero-order valence-electron chi connectivity index (χ0n) is 6.28. The molecule has 0 atom stereocenters. The van der Waals surface area contributed by atoms with Gasteiger partial charge in [0, 0.05) is 0 Å². The standard InChI is InChI=1S/C9H14/c1-7(2)9-6-4-5-8(9)3/h6-7H,3-5H2,1-2H3. The van der Waals surface area contributed by atoms with Crippen LogP contribution in [0.3, 0.4) is 0 Å². The Labute approximate surface area is 57.3 Å². The van der Waals surface area contributed by atoms with Crippen LogP contribution in [0.4, 0.5) is 0 Å². The van der Waals surface area contributed by atoms with Crippen molar-refractivity contribution >= 4 is 0 Å². The van der Waals surface area contributed by atoms with Crippen LogP contribution in [0.25, 0.3) is 0 Å². The van der Waals surface area contributed by atoms with Gasteiger partial charge < -0.3 is 0 Å². The summed E-state index contributed by atoms with van der Waals surface area (Å²) in [5.74, 6) is 0.681. The molecule has 0 amide bonds. The van der Waals surface area contributed by atoms with Gasteiger partial charge in [-0.15, -0.1) is 0 Å². The summed E-state index contributed by atoms with van der Waals surface area (Å²) in [6, 6.07) is 0. The first kappa shape index (κ1) is 6.60. The summed E-state index contributed by atoms with van der Waals surface area (Å²) < 4.78 is 0. The lowest BCUT2D eigenvalue weighted by molar-refractivity contribution is 0.782. The fourth-order valence-corrected chi connectivity index (χ4v) is 1.33. The molecule has 0 saturated carbocycles. The van der Waals surface area contributed by atoms with Crippen molar-refractivity contribution in [1.82, 2.24) is 0 Å². The highest BCUT2D eigenvalue weighted by atomic mass is 14.2. The first-order valence-electron chi connectivity index (χ1n) is 3.60. The van der Waals surface area contributed by atoms with E-state index in [0.29, 0.717) is 5.92 Å². The Morgan fingerprint density at radius 2 is 2.22 bits per heavy atom. The number of rotatable bonds is 1. The Hall–Kier alpha value is -0.520. The van der Waals surface area contributed by atoms with Crippen LogP contribution < -0.4 is 0 Å². The van der Waals surface area contributed by atoms with E-state index < -0.39 is 0 Å². The maximum absolute atomic E-state index is 3.99. The second-order valence-electron chi connectivity index (χ2n) is 2.96. The molecule has 1 aliphatic rings. The maximum Gasteiger partial charge on any atom is -0.0219 e. The van der Waals surface area contributed by atoms with Gasteiger partial charge in [-0.25, -0.2) is 0 Å². The molecule has 1 rings (SSSR count). The van der Waals surface area contributed by atoms with E-state index in [2.05, 4.69) is 26.5 Å². The monoisotopic (exact) mass is 122 g/mol. The Morgan fingerprint density at radius 1 is 1.56 bits per heavy atom. The molecule has 0 saturated heterocycles. The van der Waals surface area contributed by atoms with Crippen molar-refractivity contribution in [3.63, 3.8) is 0 Å². The summed E-state index contributed by atoms with van der Waals surface area (Å²) in [5, 5.41) is 0. The lowest BCUT2D eigenvalue weighted by Crippen LogP contribution is -1.91. The van der Waals surface area contributed by atoms with Crippen molar-refractivity contribution in [3.05, 3.63) is 23.8 Å². The molecule has 0 aromatic rings. The van der Waals surface area contributed by atoms with Crippen molar-refractivity contribution < 1.29 is 0 Å². The first-order valence-corrected chi connectivity index (χ1v) is 3.60. The van der Waals surface area contributed by atoms with E-state index in [-0.39, 0.29) is 0 Å². The fraction of sp³-hybridized carbons (Fsp3) is 0.556. The van der Waals surface area contributed by atoms with Crippen LogP contribution in [0, 0.1) is 5.92 Å². The largest absolute Gasteiger partial charge is 0.0955 e. The van der Waals surface area contributed by atoms with Gasteiger partial charge in [0.15, 0.2) is 0 Å². The van der Waals surface area contributed by atoms with Gasteiger partial charge in [0.2, 0.25) is 0 Å². The van der Waals surface area contributed by atoms with E-state index in [0.717, 1.165) is 0 Å². The van der Waals surface area contributed by atoms with E-state index in [1.165, 1.54) is 24.0 Å². The van der Waals surface area contributed by atoms with E-state index >= 15 is 0 Å². The smallest absolute Gasteiger partial charge is 0.0219 e. The van der Waals surface area contributed by atoms with Gasteiger partial charge in [-0.05, 0) is 24.3 Å². The number of allylic oxidation sites excluding steroid dienone is 3. The zero-order valence-corrected chi connectivity index (χ0v) is 6.28. The van der Waals surface area contributed by atoms with Crippen molar-refractivity contribution in [2.75, 3.05) is 0 Å². The predicted molar refractivity (Wildman–Crippen MR) is 41.3 cm³/mol. The molecule has 0 fully saturated rings. The highest BCUT2D eigenvalue weighted by Gasteiger charge is 2.11. The minimum absolute atomic E-state index is 0.681. The molecular formula is C9H14. The molecule has 0 nitrogen and oxygen atoms in total. The summed E-state index contributed by atoms with van der Waals surface area (Å²) >= 11 is 0. The highest BCUT2D eigenvalue weighted by molar-refractivity contribution is 5.34. The van der Waals surface area contributed by atoms with Gasteiger partial charge in [-0.3, -0.25) is 0 Å².